The van der Waals surface area contributed by atoms with Crippen molar-refractivity contribution in [1.29, 1.82) is 0 Å². The third kappa shape index (κ3) is 3.95. The molecule has 1 N–H and O–H groups in total. The third-order valence-corrected chi connectivity index (χ3v) is 3.45. The summed E-state index contributed by atoms with van der Waals surface area (Å²) in [6.07, 6.45) is 0.682. The fourth-order valence-corrected chi connectivity index (χ4v) is 2.05. The molecule has 5 nitrogen and oxygen atoms in total. The van der Waals surface area contributed by atoms with E-state index in [1.54, 1.807) is 0 Å². The van der Waals surface area contributed by atoms with Crippen molar-refractivity contribution in [3.05, 3.63) is 4.85 Å². The fourth-order valence-electron chi connectivity index (χ4n) is 1.09. The van der Waals surface area contributed by atoms with Gasteiger partial charge in [-0.2, -0.15) is 0 Å². The molecule has 1 aliphatic heterocycles. The van der Waals surface area contributed by atoms with E-state index in [1.165, 1.54) is 0 Å². The van der Waals surface area contributed by atoms with E-state index in [9.17, 15) is 14.4 Å². The minimum atomic E-state index is -0.554. The number of imide groups is 1. The normalized spacial score (nSPS) is 20.5. The maximum absolute atomic E-state index is 11.2. The molecule has 0 aromatic heterocycles. The number of hydrogen-bond donors (Lipinski definition) is 1. The van der Waals surface area contributed by atoms with Crippen LogP contribution in [0.5, 0.6) is 0 Å². The van der Waals surface area contributed by atoms with Gasteiger partial charge in [-0.3, -0.25) is 0 Å². The van der Waals surface area contributed by atoms with Crippen molar-refractivity contribution in [1.82, 2.24) is 5.32 Å². The van der Waals surface area contributed by atoms with Gasteiger partial charge in [0.05, 0.1) is 0 Å². The van der Waals surface area contributed by atoms with Gasteiger partial charge in [-0.05, 0) is 0 Å². The summed E-state index contributed by atoms with van der Waals surface area (Å²) in [7, 11) is 0. The van der Waals surface area contributed by atoms with Crippen molar-refractivity contribution in [3.63, 3.8) is 0 Å². The molecular weight excluding hydrogens is 311 g/mol. The molecule has 0 radical (unpaired) electrons. The van der Waals surface area contributed by atoms with Crippen LogP contribution in [0.2, 0.25) is 0 Å². The summed E-state index contributed by atoms with van der Waals surface area (Å²) < 4.78 is 0.666. The number of halogens is 1. The predicted octanol–water partition coefficient (Wildman–Crippen LogP) is -2.40. The SMILES string of the molecule is CC[I-]C(=O)[N+]#CC1CCC(=O)NC1=O. The van der Waals surface area contributed by atoms with Crippen LogP contribution in [0, 0.1) is 12.0 Å². The summed E-state index contributed by atoms with van der Waals surface area (Å²) in [6, 6.07) is 2.52. The van der Waals surface area contributed by atoms with Crippen LogP contribution in [0.25, 0.3) is 4.85 Å². The fraction of sp³-hybridized carbons (Fsp3) is 0.556. The Balaban J connectivity index is 2.54. The Hall–Kier alpha value is -0.970. The zero-order valence-corrected chi connectivity index (χ0v) is 10.4. The van der Waals surface area contributed by atoms with Gasteiger partial charge in [0.15, 0.2) is 0 Å². The van der Waals surface area contributed by atoms with E-state index in [0.717, 1.165) is 4.43 Å². The topological polar surface area (TPSA) is 67.6 Å². The van der Waals surface area contributed by atoms with Gasteiger partial charge in [-0.15, -0.1) is 0 Å². The van der Waals surface area contributed by atoms with Crippen molar-refractivity contribution < 1.29 is 35.6 Å². The number of rotatable bonds is 2. The Morgan fingerprint density at radius 2 is 2.40 bits per heavy atom. The summed E-state index contributed by atoms with van der Waals surface area (Å²) in [5, 5.41) is 2.18. The first-order valence-corrected chi connectivity index (χ1v) is 7.17. The van der Waals surface area contributed by atoms with E-state index in [4.69, 9.17) is 0 Å². The van der Waals surface area contributed by atoms with E-state index in [1.807, 2.05) is 6.92 Å². The van der Waals surface area contributed by atoms with Gasteiger partial charge < -0.3 is 0 Å². The first-order chi connectivity index (χ1) is 7.13. The summed E-state index contributed by atoms with van der Waals surface area (Å²) >= 11 is -0.554. The molecular formula is C9H11IN2O3. The molecule has 1 fully saturated rings. The molecule has 1 aliphatic rings. The molecule has 0 aromatic carbocycles. The van der Waals surface area contributed by atoms with Gasteiger partial charge >= 0.3 is 97.7 Å². The zero-order chi connectivity index (χ0) is 11.3. The number of nitrogens with zero attached hydrogens (tertiary/aromatic N) is 1. The number of piperidine rings is 1. The number of amides is 3. The molecule has 1 unspecified atom stereocenters. The predicted molar refractivity (Wildman–Crippen MR) is 49.1 cm³/mol. The molecule has 0 aromatic rings. The van der Waals surface area contributed by atoms with Gasteiger partial charge in [-0.25, -0.2) is 0 Å². The third-order valence-electron chi connectivity index (χ3n) is 1.80. The van der Waals surface area contributed by atoms with Crippen LogP contribution in [-0.2, 0) is 9.59 Å². The Morgan fingerprint density at radius 3 is 3.00 bits per heavy atom. The van der Waals surface area contributed by atoms with Gasteiger partial charge in [0.1, 0.15) is 0 Å². The molecule has 15 heavy (non-hydrogen) atoms. The number of alkyl halides is 1. The average molecular weight is 322 g/mol. The second-order valence-corrected chi connectivity index (χ2v) is 6.11. The van der Waals surface area contributed by atoms with E-state index < -0.39 is 33.0 Å². The Morgan fingerprint density at radius 1 is 1.67 bits per heavy atom. The van der Waals surface area contributed by atoms with Crippen LogP contribution >= 0.6 is 0 Å². The van der Waals surface area contributed by atoms with Crippen LogP contribution in [0.4, 0.5) is 4.79 Å². The standard InChI is InChI=1S/C9H11IN2O3/c1-2-10-9(15)11-5-6-3-4-7(13)12-8(6)14/h6H,2-4H2,1H3,(H,12,13,14). The summed E-state index contributed by atoms with van der Waals surface area (Å²) in [5.41, 5.74) is 0. The molecule has 0 spiro atoms. The molecule has 0 bridgehead atoms. The molecule has 6 heteroatoms. The van der Waals surface area contributed by atoms with E-state index in [0.29, 0.717) is 6.42 Å². The van der Waals surface area contributed by atoms with E-state index in [-0.39, 0.29) is 16.2 Å². The summed E-state index contributed by atoms with van der Waals surface area (Å²) in [5.74, 6) is -1.23. The van der Waals surface area contributed by atoms with E-state index >= 15 is 0 Å². The monoisotopic (exact) mass is 322 g/mol. The summed E-state index contributed by atoms with van der Waals surface area (Å²) in [6.45, 7) is 1.92. The quantitative estimate of drug-likeness (QED) is 0.203. The molecule has 1 saturated heterocycles. The second kappa shape index (κ2) is 5.80. The number of carbonyl (C=O) groups excluding carboxylic acids is 3. The molecule has 1 rings (SSSR count). The number of carbonyl (C=O) groups is 3. The van der Waals surface area contributed by atoms with Crippen molar-refractivity contribution in [2.24, 2.45) is 5.92 Å². The van der Waals surface area contributed by atoms with Crippen molar-refractivity contribution in [2.75, 3.05) is 4.43 Å². The van der Waals surface area contributed by atoms with Crippen LogP contribution in [0.1, 0.15) is 19.8 Å². The van der Waals surface area contributed by atoms with Gasteiger partial charge in [0.25, 0.3) is 0 Å². The molecule has 3 amide bonds. The first-order valence-electron chi connectivity index (χ1n) is 4.56. The first kappa shape index (κ1) is 12.1. The van der Waals surface area contributed by atoms with Crippen molar-refractivity contribution in [3.8, 4) is 6.07 Å². The van der Waals surface area contributed by atoms with Gasteiger partial charge in [-0.1, -0.05) is 0 Å². The Kier molecular flexibility index (Phi) is 4.68. The Labute approximate surface area is 97.7 Å². The van der Waals surface area contributed by atoms with Crippen molar-refractivity contribution >= 4 is 15.7 Å². The molecule has 1 atom stereocenters. The summed E-state index contributed by atoms with van der Waals surface area (Å²) in [4.78, 5) is 36.7. The number of nitrogens with one attached hydrogen (secondary N) is 1. The van der Waals surface area contributed by atoms with Crippen molar-refractivity contribution in [2.45, 2.75) is 19.8 Å². The molecule has 1 heterocycles. The molecule has 0 aliphatic carbocycles. The van der Waals surface area contributed by atoms with Gasteiger partial charge in [0.2, 0.25) is 0 Å². The second-order valence-electron chi connectivity index (χ2n) is 2.90. The van der Waals surface area contributed by atoms with Crippen LogP contribution in [0.3, 0.4) is 0 Å². The van der Waals surface area contributed by atoms with E-state index in [2.05, 4.69) is 16.2 Å². The molecule has 0 saturated carbocycles. The zero-order valence-electron chi connectivity index (χ0n) is 8.25. The maximum atomic E-state index is 11.2. The van der Waals surface area contributed by atoms with Crippen LogP contribution in [-0.4, -0.2) is 20.2 Å². The average Bonchev–Trinajstić information content (AvgIpc) is 2.17. The number of hydrogen-bond acceptors (Lipinski definition) is 3. The Bertz CT molecular complexity index is 356. The van der Waals surface area contributed by atoms with Gasteiger partial charge in [0, 0.05) is 0 Å². The van der Waals surface area contributed by atoms with Crippen LogP contribution < -0.4 is 26.5 Å². The van der Waals surface area contributed by atoms with Crippen LogP contribution in [0.15, 0.2) is 0 Å². The molecule has 82 valence electrons. The minimum absolute atomic E-state index is 0.166.